The second kappa shape index (κ2) is 2.78. The molecule has 1 saturated heterocycles. The van der Waals surface area contributed by atoms with Gasteiger partial charge in [0.25, 0.3) is 5.91 Å². The van der Waals surface area contributed by atoms with Gasteiger partial charge in [0.2, 0.25) is 5.60 Å². The highest BCUT2D eigenvalue weighted by Crippen LogP contribution is 2.57. The molecule has 1 N–H and O–H groups in total. The number of rotatable bonds is 0. The number of para-hydroxylation sites is 1. The van der Waals surface area contributed by atoms with Gasteiger partial charge in [-0.05, 0) is 6.07 Å². The van der Waals surface area contributed by atoms with Gasteiger partial charge in [0.1, 0.15) is 6.10 Å². The van der Waals surface area contributed by atoms with Gasteiger partial charge >= 0.3 is 6.03 Å². The summed E-state index contributed by atoms with van der Waals surface area (Å²) in [6, 6.07) is 7.00. The molecule has 2 unspecified atom stereocenters. The molecule has 0 saturated carbocycles. The maximum Gasteiger partial charge on any atom is 0.349 e. The number of urea groups is 1. The molecule has 1 aromatic rings. The number of carbonyl (C=O) groups is 2. The van der Waals surface area contributed by atoms with Gasteiger partial charge in [0.05, 0.1) is 0 Å². The topological polar surface area (TPSA) is 74.3 Å². The Labute approximate surface area is 102 Å². The average molecular weight is 243 g/mol. The number of epoxide rings is 1. The molecule has 1 fully saturated rings. The predicted octanol–water partition coefficient (Wildman–Crippen LogP) is 0.595. The van der Waals surface area contributed by atoms with Crippen molar-refractivity contribution in [3.8, 4) is 0 Å². The van der Waals surface area contributed by atoms with Crippen LogP contribution in [-0.2, 0) is 9.53 Å². The molecule has 0 aromatic heterocycles. The van der Waals surface area contributed by atoms with Crippen LogP contribution >= 0.6 is 0 Å². The van der Waals surface area contributed by atoms with Crippen molar-refractivity contribution in [1.29, 1.82) is 0 Å². The van der Waals surface area contributed by atoms with Crippen molar-refractivity contribution < 1.29 is 14.3 Å². The standard InChI is InChI=1S/C12H9N3O3/c1-15-7-5-3-2-4-6(7)8-12(18-8)9(15)13-11(17)14-10(12)16/h2-5,8H,1H3,(H,14,16,17). The van der Waals surface area contributed by atoms with Crippen molar-refractivity contribution in [3.63, 3.8) is 0 Å². The van der Waals surface area contributed by atoms with Gasteiger partial charge < -0.3 is 9.64 Å². The minimum Gasteiger partial charge on any atom is -0.343 e. The Hall–Kier alpha value is -2.21. The summed E-state index contributed by atoms with van der Waals surface area (Å²) in [4.78, 5) is 29.0. The molecule has 4 rings (SSSR count). The summed E-state index contributed by atoms with van der Waals surface area (Å²) in [7, 11) is 1.78. The number of fused-ring (bicyclic) bond motifs is 2. The lowest BCUT2D eigenvalue weighted by Crippen LogP contribution is -2.57. The number of aliphatic imine (C=N–C) groups is 1. The Bertz CT molecular complexity index is 639. The Balaban J connectivity index is 1.98. The van der Waals surface area contributed by atoms with Gasteiger partial charge in [-0.3, -0.25) is 10.1 Å². The van der Waals surface area contributed by atoms with E-state index in [1.165, 1.54) is 0 Å². The molecule has 1 aromatic carbocycles. The highest BCUT2D eigenvalue weighted by molar-refractivity contribution is 6.29. The van der Waals surface area contributed by atoms with Crippen molar-refractivity contribution in [2.45, 2.75) is 11.7 Å². The molecule has 6 heteroatoms. The van der Waals surface area contributed by atoms with Gasteiger partial charge in [-0.15, -0.1) is 0 Å². The number of carbonyl (C=O) groups excluding carboxylic acids is 2. The van der Waals surface area contributed by atoms with Crippen LogP contribution in [0.25, 0.3) is 0 Å². The molecular weight excluding hydrogens is 234 g/mol. The van der Waals surface area contributed by atoms with E-state index in [0.717, 1.165) is 11.3 Å². The average Bonchev–Trinajstić information content (AvgIpc) is 3.10. The summed E-state index contributed by atoms with van der Waals surface area (Å²) in [5, 5.41) is 2.19. The van der Waals surface area contributed by atoms with Crippen LogP contribution in [0.15, 0.2) is 29.3 Å². The van der Waals surface area contributed by atoms with E-state index < -0.39 is 17.5 Å². The zero-order chi connectivity index (χ0) is 12.5. The second-order valence-corrected chi connectivity index (χ2v) is 4.55. The first kappa shape index (κ1) is 9.78. The van der Waals surface area contributed by atoms with Gasteiger partial charge in [-0.2, -0.15) is 4.99 Å². The van der Waals surface area contributed by atoms with E-state index in [4.69, 9.17) is 4.74 Å². The Kier molecular flexibility index (Phi) is 1.51. The Morgan fingerprint density at radius 1 is 1.39 bits per heavy atom. The SMILES string of the molecule is CN1C2=NC(=O)NC(=O)C23OC3c2ccccc21. The minimum atomic E-state index is -1.10. The van der Waals surface area contributed by atoms with Gasteiger partial charge in [0.15, 0.2) is 5.84 Å². The summed E-state index contributed by atoms with van der Waals surface area (Å²) in [6.07, 6.45) is -0.336. The molecule has 18 heavy (non-hydrogen) atoms. The van der Waals surface area contributed by atoms with Crippen LogP contribution < -0.4 is 10.2 Å². The van der Waals surface area contributed by atoms with Gasteiger partial charge in [-0.1, -0.05) is 18.2 Å². The highest BCUT2D eigenvalue weighted by atomic mass is 16.6. The zero-order valence-corrected chi connectivity index (χ0v) is 9.51. The molecule has 3 amide bonds. The van der Waals surface area contributed by atoms with Crippen molar-refractivity contribution in [3.05, 3.63) is 29.8 Å². The number of likely N-dealkylation sites (N-methyl/N-ethyl adjacent to an activating group) is 1. The monoisotopic (exact) mass is 243 g/mol. The van der Waals surface area contributed by atoms with Crippen LogP contribution in [0.2, 0.25) is 0 Å². The van der Waals surface area contributed by atoms with Gasteiger partial charge in [0, 0.05) is 18.3 Å². The highest BCUT2D eigenvalue weighted by Gasteiger charge is 2.72. The number of benzene rings is 1. The number of nitrogens with one attached hydrogen (secondary N) is 1. The first-order chi connectivity index (χ1) is 8.64. The smallest absolute Gasteiger partial charge is 0.343 e. The predicted molar refractivity (Wildman–Crippen MR) is 62.4 cm³/mol. The lowest BCUT2D eigenvalue weighted by molar-refractivity contribution is -0.123. The molecule has 2 atom stereocenters. The number of amidine groups is 1. The third-order valence-corrected chi connectivity index (χ3v) is 3.61. The molecule has 3 heterocycles. The maximum atomic E-state index is 12.0. The van der Waals surface area contributed by atoms with E-state index in [0.29, 0.717) is 5.84 Å². The lowest BCUT2D eigenvalue weighted by atomic mass is 9.90. The van der Waals surface area contributed by atoms with E-state index >= 15 is 0 Å². The third kappa shape index (κ3) is 0.910. The second-order valence-electron chi connectivity index (χ2n) is 4.55. The van der Waals surface area contributed by atoms with Crippen LogP contribution in [-0.4, -0.2) is 30.4 Å². The largest absolute Gasteiger partial charge is 0.349 e. The van der Waals surface area contributed by atoms with Crippen LogP contribution in [0.1, 0.15) is 11.7 Å². The summed E-state index contributed by atoms with van der Waals surface area (Å²) in [5.74, 6) is -0.0520. The van der Waals surface area contributed by atoms with Gasteiger partial charge in [-0.25, -0.2) is 4.79 Å². The number of imide groups is 1. The van der Waals surface area contributed by atoms with Crippen LogP contribution in [0, 0.1) is 0 Å². The summed E-state index contributed by atoms with van der Waals surface area (Å²) in [6.45, 7) is 0. The fourth-order valence-corrected chi connectivity index (χ4v) is 2.73. The van der Waals surface area contributed by atoms with Crippen LogP contribution in [0.4, 0.5) is 10.5 Å². The zero-order valence-electron chi connectivity index (χ0n) is 9.51. The molecule has 0 aliphatic carbocycles. The Morgan fingerprint density at radius 3 is 3.00 bits per heavy atom. The van der Waals surface area contributed by atoms with Crippen LogP contribution in [0.3, 0.4) is 0 Å². The first-order valence-corrected chi connectivity index (χ1v) is 5.59. The van der Waals surface area contributed by atoms with E-state index in [1.807, 2.05) is 24.3 Å². The molecular formula is C12H9N3O3. The van der Waals surface area contributed by atoms with Crippen molar-refractivity contribution in [1.82, 2.24) is 5.32 Å². The molecule has 0 bridgehead atoms. The number of hydrogen-bond acceptors (Lipinski definition) is 4. The fourth-order valence-electron chi connectivity index (χ4n) is 2.73. The fraction of sp³-hybridized carbons (Fsp3) is 0.250. The molecule has 90 valence electrons. The van der Waals surface area contributed by atoms with Crippen molar-refractivity contribution >= 4 is 23.5 Å². The third-order valence-electron chi connectivity index (χ3n) is 3.61. The van der Waals surface area contributed by atoms with E-state index in [1.54, 1.807) is 11.9 Å². The summed E-state index contributed by atoms with van der Waals surface area (Å²) < 4.78 is 5.59. The number of hydrogen-bond donors (Lipinski definition) is 1. The molecule has 0 radical (unpaired) electrons. The minimum absolute atomic E-state index is 0.336. The molecule has 3 aliphatic rings. The van der Waals surface area contributed by atoms with E-state index in [2.05, 4.69) is 10.3 Å². The van der Waals surface area contributed by atoms with E-state index in [-0.39, 0.29) is 6.10 Å². The Morgan fingerprint density at radius 2 is 2.17 bits per heavy atom. The number of ether oxygens (including phenoxy) is 1. The van der Waals surface area contributed by atoms with Crippen molar-refractivity contribution in [2.75, 3.05) is 11.9 Å². The van der Waals surface area contributed by atoms with Crippen LogP contribution in [0.5, 0.6) is 0 Å². The number of amides is 3. The molecule has 6 nitrogen and oxygen atoms in total. The summed E-state index contributed by atoms with van der Waals surface area (Å²) >= 11 is 0. The summed E-state index contributed by atoms with van der Waals surface area (Å²) in [5.41, 5.74) is 0.761. The molecule has 1 spiro atoms. The quantitative estimate of drug-likeness (QED) is 0.677. The number of anilines is 1. The first-order valence-electron chi connectivity index (χ1n) is 5.59. The molecule has 3 aliphatic heterocycles. The van der Waals surface area contributed by atoms with E-state index in [9.17, 15) is 9.59 Å². The van der Waals surface area contributed by atoms with Crippen molar-refractivity contribution in [2.24, 2.45) is 4.99 Å². The normalized spacial score (nSPS) is 31.9. The lowest BCUT2D eigenvalue weighted by Gasteiger charge is -2.32. The maximum absolute atomic E-state index is 12.0. The number of nitrogens with zero attached hydrogens (tertiary/aromatic N) is 2.